The van der Waals surface area contributed by atoms with E-state index in [1.54, 1.807) is 0 Å². The van der Waals surface area contributed by atoms with Gasteiger partial charge < -0.3 is 9.88 Å². The van der Waals surface area contributed by atoms with Gasteiger partial charge in [-0.1, -0.05) is 37.0 Å². The van der Waals surface area contributed by atoms with Crippen LogP contribution in [0, 0.1) is 6.92 Å². The highest BCUT2D eigenvalue weighted by molar-refractivity contribution is 5.92. The molecule has 5 heterocycles. The molecule has 0 atom stereocenters. The Morgan fingerprint density at radius 3 is 2.87 bits per heavy atom. The molecule has 1 aliphatic heterocycles. The Morgan fingerprint density at radius 1 is 1.16 bits per heavy atom. The molecule has 1 aliphatic carbocycles. The summed E-state index contributed by atoms with van der Waals surface area (Å²) in [5.41, 5.74) is 11.4. The molecule has 6 heteroatoms. The molecule has 0 saturated carbocycles. The van der Waals surface area contributed by atoms with Crippen LogP contribution >= 0.6 is 0 Å². The molecule has 6 nitrogen and oxygen atoms in total. The van der Waals surface area contributed by atoms with E-state index in [4.69, 9.17) is 4.98 Å². The van der Waals surface area contributed by atoms with E-state index < -0.39 is 0 Å². The molecule has 0 aromatic carbocycles. The number of likely N-dealkylation sites (tertiary alicyclic amines) is 1. The molecule has 0 amide bonds. The SMILES string of the molecule is C=C/C=C(/C1=CCC=C1)c1cc(-c2n[nH]c3ccc(-c4cncc(CCCN5CCCC5)c4)nc23)[nH]c1C. The average Bonchev–Trinajstić information content (AvgIpc) is 3.75. The molecule has 192 valence electrons. The molecule has 0 bridgehead atoms. The van der Waals surface area contributed by atoms with E-state index in [0.717, 1.165) is 69.8 Å². The van der Waals surface area contributed by atoms with E-state index in [-0.39, 0.29) is 0 Å². The van der Waals surface area contributed by atoms with Crippen molar-refractivity contribution in [1.82, 2.24) is 30.0 Å². The number of pyridine rings is 2. The van der Waals surface area contributed by atoms with Gasteiger partial charge in [-0.25, -0.2) is 4.98 Å². The highest BCUT2D eigenvalue weighted by Gasteiger charge is 2.18. The lowest BCUT2D eigenvalue weighted by Crippen LogP contribution is -2.20. The summed E-state index contributed by atoms with van der Waals surface area (Å²) in [5.74, 6) is 0. The fraction of sp³-hybridized carbons (Fsp3) is 0.281. The topological polar surface area (TPSA) is 73.5 Å². The molecule has 1 saturated heterocycles. The van der Waals surface area contributed by atoms with Crippen LogP contribution in [-0.4, -0.2) is 49.7 Å². The zero-order valence-corrected chi connectivity index (χ0v) is 22.0. The highest BCUT2D eigenvalue weighted by atomic mass is 15.1. The maximum Gasteiger partial charge on any atom is 0.135 e. The third-order valence-electron chi connectivity index (χ3n) is 7.56. The van der Waals surface area contributed by atoms with Crippen molar-refractivity contribution in [2.75, 3.05) is 19.6 Å². The Balaban J connectivity index is 1.28. The third-order valence-corrected chi connectivity index (χ3v) is 7.56. The lowest BCUT2D eigenvalue weighted by Gasteiger charge is -2.14. The van der Waals surface area contributed by atoms with Crippen LogP contribution in [-0.2, 0) is 6.42 Å². The third kappa shape index (κ3) is 4.92. The number of aromatic amines is 2. The number of nitrogens with zero attached hydrogens (tertiary/aromatic N) is 4. The monoisotopic (exact) mass is 502 g/mol. The number of aromatic nitrogens is 5. The Bertz CT molecular complexity index is 1560. The minimum absolute atomic E-state index is 0.819. The summed E-state index contributed by atoms with van der Waals surface area (Å²) >= 11 is 0. The zero-order chi connectivity index (χ0) is 25.9. The normalized spacial score (nSPS) is 16.0. The van der Waals surface area contributed by atoms with E-state index in [9.17, 15) is 0 Å². The number of fused-ring (bicyclic) bond motifs is 1. The number of rotatable bonds is 9. The predicted molar refractivity (Wildman–Crippen MR) is 156 cm³/mol. The van der Waals surface area contributed by atoms with Crippen LogP contribution in [0.3, 0.4) is 0 Å². The summed E-state index contributed by atoms with van der Waals surface area (Å²) in [6.07, 6.45) is 20.3. The predicted octanol–water partition coefficient (Wildman–Crippen LogP) is 6.81. The van der Waals surface area contributed by atoms with Crippen molar-refractivity contribution < 1.29 is 0 Å². The van der Waals surface area contributed by atoms with Crippen molar-refractivity contribution in [3.05, 3.63) is 96.0 Å². The fourth-order valence-electron chi connectivity index (χ4n) is 5.61. The molecular weight excluding hydrogens is 468 g/mol. The van der Waals surface area contributed by atoms with Crippen molar-refractivity contribution >= 4 is 16.6 Å². The summed E-state index contributed by atoms with van der Waals surface area (Å²) in [5, 5.41) is 7.81. The molecule has 1 fully saturated rings. The van der Waals surface area contributed by atoms with Gasteiger partial charge in [0, 0.05) is 29.2 Å². The zero-order valence-electron chi connectivity index (χ0n) is 22.0. The Morgan fingerprint density at radius 2 is 2.05 bits per heavy atom. The van der Waals surface area contributed by atoms with Crippen LogP contribution in [0.2, 0.25) is 0 Å². The lowest BCUT2D eigenvalue weighted by molar-refractivity contribution is 0.334. The average molecular weight is 503 g/mol. The summed E-state index contributed by atoms with van der Waals surface area (Å²) in [6.45, 7) is 9.70. The van der Waals surface area contributed by atoms with Gasteiger partial charge in [0.05, 0.1) is 16.9 Å². The summed E-state index contributed by atoms with van der Waals surface area (Å²) < 4.78 is 0. The smallest absolute Gasteiger partial charge is 0.135 e. The number of allylic oxidation sites excluding steroid dienone is 7. The largest absolute Gasteiger partial charge is 0.357 e. The van der Waals surface area contributed by atoms with E-state index in [1.165, 1.54) is 43.6 Å². The van der Waals surface area contributed by atoms with Gasteiger partial charge in [0.25, 0.3) is 0 Å². The summed E-state index contributed by atoms with van der Waals surface area (Å²) in [6, 6.07) is 8.51. The maximum atomic E-state index is 5.05. The summed E-state index contributed by atoms with van der Waals surface area (Å²) in [7, 11) is 0. The van der Waals surface area contributed by atoms with Crippen LogP contribution in [0.5, 0.6) is 0 Å². The van der Waals surface area contributed by atoms with E-state index in [1.807, 2.05) is 24.5 Å². The van der Waals surface area contributed by atoms with Gasteiger partial charge in [0.2, 0.25) is 0 Å². The first-order chi connectivity index (χ1) is 18.7. The first kappa shape index (κ1) is 24.3. The molecule has 4 aromatic heterocycles. The van der Waals surface area contributed by atoms with Gasteiger partial charge in [-0.05, 0) is 99.6 Å². The maximum absolute atomic E-state index is 5.05. The Hall–Kier alpha value is -4.03. The van der Waals surface area contributed by atoms with Crippen LogP contribution in [0.1, 0.15) is 42.5 Å². The standard InChI is InChI=1S/C32H34N6/c1-3-9-26(24-11-4-5-12-24)27-19-30(34-22(27)2)32-31-29(36-37-32)14-13-28(35-31)25-18-23(20-33-21-25)10-8-17-38-15-6-7-16-38/h3-4,9,11-14,18-21,34H,1,5-8,10,15-17H2,2H3,(H,36,37)/b26-9-. The van der Waals surface area contributed by atoms with E-state index >= 15 is 0 Å². The Labute approximate surface area is 223 Å². The number of hydrogen-bond donors (Lipinski definition) is 2. The van der Waals surface area contributed by atoms with Crippen LogP contribution in [0.15, 0.2) is 79.2 Å². The second-order valence-corrected chi connectivity index (χ2v) is 10.2. The van der Waals surface area contributed by atoms with Crippen LogP contribution in [0.25, 0.3) is 39.3 Å². The number of aryl methyl sites for hydroxylation is 2. The van der Waals surface area contributed by atoms with Gasteiger partial charge in [-0.15, -0.1) is 0 Å². The first-order valence-electron chi connectivity index (χ1n) is 13.6. The van der Waals surface area contributed by atoms with Gasteiger partial charge in [-0.3, -0.25) is 10.1 Å². The van der Waals surface area contributed by atoms with Crippen LogP contribution in [0.4, 0.5) is 0 Å². The molecular formula is C32H34N6. The van der Waals surface area contributed by atoms with Crippen molar-refractivity contribution in [2.45, 2.75) is 39.0 Å². The van der Waals surface area contributed by atoms with Crippen molar-refractivity contribution in [2.24, 2.45) is 0 Å². The molecule has 38 heavy (non-hydrogen) atoms. The van der Waals surface area contributed by atoms with Crippen molar-refractivity contribution in [1.29, 1.82) is 0 Å². The fourth-order valence-corrected chi connectivity index (χ4v) is 5.61. The molecule has 2 N–H and O–H groups in total. The van der Waals surface area contributed by atoms with Crippen molar-refractivity contribution in [3.63, 3.8) is 0 Å². The van der Waals surface area contributed by atoms with Gasteiger partial charge in [0.1, 0.15) is 11.2 Å². The molecule has 0 unspecified atom stereocenters. The second-order valence-electron chi connectivity index (χ2n) is 10.2. The first-order valence-corrected chi connectivity index (χ1v) is 13.6. The number of nitrogens with one attached hydrogen (secondary N) is 2. The molecule has 0 radical (unpaired) electrons. The Kier molecular flexibility index (Phi) is 6.88. The van der Waals surface area contributed by atoms with Gasteiger partial charge in [0.15, 0.2) is 0 Å². The van der Waals surface area contributed by atoms with E-state index in [2.05, 4.69) is 81.1 Å². The van der Waals surface area contributed by atoms with Crippen molar-refractivity contribution in [3.8, 4) is 22.6 Å². The molecule has 0 spiro atoms. The second kappa shape index (κ2) is 10.8. The number of H-pyrrole nitrogens is 2. The summed E-state index contributed by atoms with van der Waals surface area (Å²) in [4.78, 5) is 15.7. The minimum Gasteiger partial charge on any atom is -0.357 e. The molecule has 2 aliphatic rings. The van der Waals surface area contributed by atoms with Gasteiger partial charge in [-0.2, -0.15) is 5.10 Å². The van der Waals surface area contributed by atoms with Gasteiger partial charge >= 0.3 is 0 Å². The quantitative estimate of drug-likeness (QED) is 0.247. The molecule has 6 rings (SSSR count). The highest BCUT2D eigenvalue weighted by Crippen LogP contribution is 2.34. The van der Waals surface area contributed by atoms with E-state index in [0.29, 0.717) is 0 Å². The number of hydrogen-bond acceptors (Lipinski definition) is 4. The minimum atomic E-state index is 0.819. The lowest BCUT2D eigenvalue weighted by atomic mass is 9.98. The molecule has 4 aromatic rings. The van der Waals surface area contributed by atoms with Crippen LogP contribution < -0.4 is 0 Å².